The molecule has 0 spiro atoms. The van der Waals surface area contributed by atoms with E-state index >= 15 is 0 Å². The monoisotopic (exact) mass is 254 g/mol. The fourth-order valence-corrected chi connectivity index (χ4v) is 1.69. The molecule has 5 heteroatoms. The van der Waals surface area contributed by atoms with Gasteiger partial charge in [0.2, 0.25) is 5.91 Å². The molecule has 0 unspecified atom stereocenters. The lowest BCUT2D eigenvalue weighted by Crippen LogP contribution is -2.46. The van der Waals surface area contributed by atoms with Gasteiger partial charge >= 0.3 is 5.97 Å². The first-order valence-corrected chi connectivity index (χ1v) is 6.30. The van der Waals surface area contributed by atoms with Gasteiger partial charge in [-0.05, 0) is 33.1 Å². The van der Waals surface area contributed by atoms with Gasteiger partial charge in [-0.1, -0.05) is 6.08 Å². The van der Waals surface area contributed by atoms with Crippen LogP contribution >= 0.6 is 0 Å². The first kappa shape index (κ1) is 14.5. The zero-order valence-corrected chi connectivity index (χ0v) is 11.3. The summed E-state index contributed by atoms with van der Waals surface area (Å²) in [5, 5.41) is 6.09. The van der Waals surface area contributed by atoms with Gasteiger partial charge in [-0.2, -0.15) is 0 Å². The quantitative estimate of drug-likeness (QED) is 0.527. The summed E-state index contributed by atoms with van der Waals surface area (Å²) in [6, 6.07) is 0. The van der Waals surface area contributed by atoms with Gasteiger partial charge in [-0.15, -0.1) is 0 Å². The SMILES string of the molecule is C/C=C(\C)NC1(C(=O)NCCCC(=O)OC)CC1. The van der Waals surface area contributed by atoms with Crippen molar-refractivity contribution in [1.82, 2.24) is 10.6 Å². The molecule has 1 aliphatic carbocycles. The Balaban J connectivity index is 2.26. The maximum absolute atomic E-state index is 12.0. The van der Waals surface area contributed by atoms with Crippen LogP contribution in [-0.2, 0) is 14.3 Å². The van der Waals surface area contributed by atoms with Crippen LogP contribution in [0.3, 0.4) is 0 Å². The van der Waals surface area contributed by atoms with Gasteiger partial charge in [0.25, 0.3) is 0 Å². The number of nitrogens with one attached hydrogen (secondary N) is 2. The van der Waals surface area contributed by atoms with E-state index in [4.69, 9.17) is 0 Å². The lowest BCUT2D eigenvalue weighted by molar-refractivity contribution is -0.140. The zero-order valence-electron chi connectivity index (χ0n) is 11.3. The van der Waals surface area contributed by atoms with E-state index in [9.17, 15) is 9.59 Å². The number of allylic oxidation sites excluding steroid dienone is 2. The lowest BCUT2D eigenvalue weighted by Gasteiger charge is -2.18. The summed E-state index contributed by atoms with van der Waals surface area (Å²) in [6.07, 6.45) is 4.62. The van der Waals surface area contributed by atoms with Crippen molar-refractivity contribution in [1.29, 1.82) is 0 Å². The van der Waals surface area contributed by atoms with Gasteiger partial charge in [-0.3, -0.25) is 9.59 Å². The van der Waals surface area contributed by atoms with Crippen LogP contribution in [0.15, 0.2) is 11.8 Å². The molecule has 0 aromatic carbocycles. The molecule has 2 N–H and O–H groups in total. The molecule has 1 saturated carbocycles. The number of amides is 1. The van der Waals surface area contributed by atoms with Crippen LogP contribution in [-0.4, -0.2) is 31.1 Å². The average Bonchev–Trinajstić information content (AvgIpc) is 3.14. The molecule has 0 bridgehead atoms. The molecule has 0 aromatic heterocycles. The van der Waals surface area contributed by atoms with E-state index < -0.39 is 5.54 Å². The normalized spacial score (nSPS) is 16.9. The van der Waals surface area contributed by atoms with Crippen LogP contribution < -0.4 is 10.6 Å². The number of hydrogen-bond donors (Lipinski definition) is 2. The molecule has 0 aliphatic heterocycles. The van der Waals surface area contributed by atoms with Crippen molar-refractivity contribution in [3.63, 3.8) is 0 Å². The van der Waals surface area contributed by atoms with Crippen LogP contribution in [0, 0.1) is 0 Å². The van der Waals surface area contributed by atoms with E-state index in [1.165, 1.54) is 7.11 Å². The highest BCUT2D eigenvalue weighted by molar-refractivity contribution is 5.89. The molecule has 1 amide bonds. The minimum atomic E-state index is -0.415. The van der Waals surface area contributed by atoms with Gasteiger partial charge in [0.1, 0.15) is 5.54 Å². The van der Waals surface area contributed by atoms with Gasteiger partial charge in [0.15, 0.2) is 0 Å². The smallest absolute Gasteiger partial charge is 0.305 e. The lowest BCUT2D eigenvalue weighted by atomic mass is 10.2. The summed E-state index contributed by atoms with van der Waals surface area (Å²) >= 11 is 0. The summed E-state index contributed by atoms with van der Waals surface area (Å²) in [5.41, 5.74) is 0.596. The first-order valence-electron chi connectivity index (χ1n) is 6.30. The minimum Gasteiger partial charge on any atom is -0.469 e. The van der Waals surface area contributed by atoms with Crippen LogP contribution in [0.5, 0.6) is 0 Å². The molecule has 1 aliphatic rings. The third-order valence-corrected chi connectivity index (χ3v) is 3.13. The topological polar surface area (TPSA) is 67.4 Å². The molecular weight excluding hydrogens is 232 g/mol. The van der Waals surface area contributed by atoms with Crippen molar-refractivity contribution in [3.05, 3.63) is 11.8 Å². The number of rotatable bonds is 7. The molecule has 18 heavy (non-hydrogen) atoms. The fraction of sp³-hybridized carbons (Fsp3) is 0.692. The maximum atomic E-state index is 12.0. The van der Waals surface area contributed by atoms with Gasteiger partial charge in [-0.25, -0.2) is 0 Å². The Labute approximate surface area is 108 Å². The predicted octanol–water partition coefficient (Wildman–Crippen LogP) is 1.10. The highest BCUT2D eigenvalue weighted by Crippen LogP contribution is 2.36. The van der Waals surface area contributed by atoms with Crippen molar-refractivity contribution in [2.75, 3.05) is 13.7 Å². The molecule has 0 aromatic rings. The van der Waals surface area contributed by atoms with E-state index in [0.717, 1.165) is 18.5 Å². The van der Waals surface area contributed by atoms with Crippen LogP contribution in [0.2, 0.25) is 0 Å². The van der Waals surface area contributed by atoms with Gasteiger partial charge < -0.3 is 15.4 Å². The minimum absolute atomic E-state index is 0.0218. The molecule has 0 saturated heterocycles. The summed E-state index contributed by atoms with van der Waals surface area (Å²) < 4.78 is 4.53. The highest BCUT2D eigenvalue weighted by Gasteiger charge is 2.49. The summed E-state index contributed by atoms with van der Waals surface area (Å²) in [6.45, 7) is 4.39. The van der Waals surface area contributed by atoms with E-state index in [1.54, 1.807) is 0 Å². The second kappa shape index (κ2) is 6.42. The summed E-state index contributed by atoms with van der Waals surface area (Å²) in [5.74, 6) is -0.221. The molecule has 0 radical (unpaired) electrons. The standard InChI is InChI=1S/C13H22N2O3/c1-4-10(2)15-13(7-8-13)12(17)14-9-5-6-11(16)18-3/h4,15H,5-9H2,1-3H3,(H,14,17)/b10-4+. The van der Waals surface area contributed by atoms with Crippen molar-refractivity contribution in [2.45, 2.75) is 45.1 Å². The second-order valence-corrected chi connectivity index (χ2v) is 4.61. The number of hydrogen-bond acceptors (Lipinski definition) is 4. The first-order chi connectivity index (χ1) is 8.54. The summed E-state index contributed by atoms with van der Waals surface area (Å²) in [4.78, 5) is 22.9. The number of methoxy groups -OCH3 is 1. The van der Waals surface area contributed by atoms with E-state index in [-0.39, 0.29) is 11.9 Å². The van der Waals surface area contributed by atoms with E-state index in [2.05, 4.69) is 15.4 Å². The van der Waals surface area contributed by atoms with Crippen molar-refractivity contribution in [2.24, 2.45) is 0 Å². The number of ether oxygens (including phenoxy) is 1. The molecule has 5 nitrogen and oxygen atoms in total. The largest absolute Gasteiger partial charge is 0.469 e. The molecule has 0 heterocycles. The maximum Gasteiger partial charge on any atom is 0.305 e. The van der Waals surface area contributed by atoms with Crippen LogP contribution in [0.1, 0.15) is 39.5 Å². The Morgan fingerprint density at radius 3 is 2.56 bits per heavy atom. The Hall–Kier alpha value is -1.52. The number of esters is 1. The van der Waals surface area contributed by atoms with Crippen molar-refractivity contribution >= 4 is 11.9 Å². The van der Waals surface area contributed by atoms with Crippen LogP contribution in [0.25, 0.3) is 0 Å². The third-order valence-electron chi connectivity index (χ3n) is 3.13. The molecule has 102 valence electrons. The van der Waals surface area contributed by atoms with Crippen molar-refractivity contribution in [3.8, 4) is 0 Å². The van der Waals surface area contributed by atoms with Gasteiger partial charge in [0.05, 0.1) is 7.11 Å². The molecule has 1 rings (SSSR count). The predicted molar refractivity (Wildman–Crippen MR) is 68.8 cm³/mol. The van der Waals surface area contributed by atoms with Crippen LogP contribution in [0.4, 0.5) is 0 Å². The third kappa shape index (κ3) is 4.05. The number of carbonyl (C=O) groups excluding carboxylic acids is 2. The van der Waals surface area contributed by atoms with E-state index in [1.807, 2.05) is 19.9 Å². The summed E-state index contributed by atoms with van der Waals surface area (Å²) in [7, 11) is 1.36. The molecule has 1 fully saturated rings. The fourth-order valence-electron chi connectivity index (χ4n) is 1.69. The Morgan fingerprint density at radius 2 is 2.06 bits per heavy atom. The Morgan fingerprint density at radius 1 is 1.39 bits per heavy atom. The molecule has 0 atom stereocenters. The second-order valence-electron chi connectivity index (χ2n) is 4.61. The number of carbonyl (C=O) groups is 2. The highest BCUT2D eigenvalue weighted by atomic mass is 16.5. The van der Waals surface area contributed by atoms with Gasteiger partial charge in [0, 0.05) is 18.7 Å². The Bertz CT molecular complexity index is 346. The molecular formula is C13H22N2O3. The van der Waals surface area contributed by atoms with E-state index in [0.29, 0.717) is 19.4 Å². The van der Waals surface area contributed by atoms with Crippen molar-refractivity contribution < 1.29 is 14.3 Å². The Kier molecular flexibility index (Phi) is 5.19. The average molecular weight is 254 g/mol. The zero-order chi connectivity index (χ0) is 13.6.